The lowest BCUT2D eigenvalue weighted by atomic mass is 10.0. The van der Waals surface area contributed by atoms with Crippen LogP contribution in [0.1, 0.15) is 47.3 Å². The zero-order valence-corrected chi connectivity index (χ0v) is 20.0. The summed E-state index contributed by atoms with van der Waals surface area (Å²) in [6.45, 7) is 10.7. The Morgan fingerprint density at radius 3 is 1.88 bits per heavy atom. The van der Waals surface area contributed by atoms with E-state index in [2.05, 4.69) is 52.8 Å². The number of carbonyl (C=O) groups is 1. The fourth-order valence-corrected chi connectivity index (χ4v) is 5.18. The third-order valence-electron chi connectivity index (χ3n) is 6.97. The highest BCUT2D eigenvalue weighted by Crippen LogP contribution is 2.22. The van der Waals surface area contributed by atoms with Gasteiger partial charge in [-0.05, 0) is 49.1 Å². The maximum Gasteiger partial charge on any atom is 0.337 e. The third kappa shape index (κ3) is 6.19. The van der Waals surface area contributed by atoms with Crippen LogP contribution in [0, 0.1) is 0 Å². The number of halogens is 1. The molecule has 2 fully saturated rings. The third-order valence-corrected chi connectivity index (χ3v) is 6.97. The van der Waals surface area contributed by atoms with Gasteiger partial charge in [-0.1, -0.05) is 36.4 Å². The number of rotatable bonds is 7. The van der Waals surface area contributed by atoms with E-state index < -0.39 is 6.17 Å². The fourth-order valence-electron chi connectivity index (χ4n) is 5.18. The number of hydrogen-bond acceptors (Lipinski definition) is 5. The number of ether oxygens (including phenoxy) is 1. The van der Waals surface area contributed by atoms with Gasteiger partial charge in [0.25, 0.3) is 0 Å². The summed E-state index contributed by atoms with van der Waals surface area (Å²) >= 11 is 0. The van der Waals surface area contributed by atoms with E-state index in [-0.39, 0.29) is 5.97 Å². The molecule has 0 radical (unpaired) electrons. The van der Waals surface area contributed by atoms with Gasteiger partial charge in [-0.2, -0.15) is 0 Å². The number of alkyl halides is 1. The smallest absolute Gasteiger partial charge is 0.337 e. The van der Waals surface area contributed by atoms with Crippen LogP contribution < -0.4 is 0 Å². The van der Waals surface area contributed by atoms with Crippen molar-refractivity contribution in [1.29, 1.82) is 0 Å². The Balaban J connectivity index is 1.29. The van der Waals surface area contributed by atoms with Gasteiger partial charge < -0.3 is 4.74 Å². The first kappa shape index (κ1) is 23.9. The van der Waals surface area contributed by atoms with Crippen LogP contribution in [0.25, 0.3) is 0 Å². The first-order valence-corrected chi connectivity index (χ1v) is 12.0. The monoisotopic (exact) mass is 453 g/mol. The molecule has 0 aromatic heterocycles. The molecule has 2 aliphatic rings. The van der Waals surface area contributed by atoms with Crippen molar-refractivity contribution in [2.24, 2.45) is 0 Å². The van der Waals surface area contributed by atoms with Crippen molar-refractivity contribution in [3.05, 3.63) is 70.8 Å². The molecule has 0 amide bonds. The summed E-state index contributed by atoms with van der Waals surface area (Å²) in [6.07, 6.45) is 0.00341. The number of nitrogens with zero attached hydrogens (tertiary/aromatic N) is 3. The van der Waals surface area contributed by atoms with Crippen LogP contribution in [0.2, 0.25) is 0 Å². The average Bonchev–Trinajstić information content (AvgIpc) is 3.22. The lowest BCUT2D eigenvalue weighted by Crippen LogP contribution is -2.55. The SMILES string of the molecule is COC(=O)c1ccc(CN2C[C@@H](C)N(Cc3ccc(CN4CC[C@@H](F)C4)cc3)[C@@H](C)C2)cc1. The predicted molar refractivity (Wildman–Crippen MR) is 129 cm³/mol. The van der Waals surface area contributed by atoms with Crippen LogP contribution in [0.3, 0.4) is 0 Å². The fraction of sp³-hybridized carbons (Fsp3) is 0.519. The van der Waals surface area contributed by atoms with E-state index in [0.29, 0.717) is 30.6 Å². The first-order valence-electron chi connectivity index (χ1n) is 12.0. The molecule has 0 aliphatic carbocycles. The molecule has 2 saturated heterocycles. The Hall–Kier alpha value is -2.28. The average molecular weight is 454 g/mol. The van der Waals surface area contributed by atoms with Crippen molar-refractivity contribution in [3.63, 3.8) is 0 Å². The van der Waals surface area contributed by atoms with Crippen LogP contribution in [-0.2, 0) is 24.4 Å². The minimum atomic E-state index is -0.662. The van der Waals surface area contributed by atoms with E-state index in [1.807, 2.05) is 24.3 Å². The molecule has 5 nitrogen and oxygen atoms in total. The van der Waals surface area contributed by atoms with Gasteiger partial charge in [0.1, 0.15) is 6.17 Å². The zero-order chi connectivity index (χ0) is 23.4. The molecule has 0 unspecified atom stereocenters. The maximum absolute atomic E-state index is 13.4. The Morgan fingerprint density at radius 1 is 0.848 bits per heavy atom. The normalized spacial score (nSPS) is 24.8. The second kappa shape index (κ2) is 10.8. The Morgan fingerprint density at radius 2 is 1.36 bits per heavy atom. The van der Waals surface area contributed by atoms with E-state index in [1.54, 1.807) is 0 Å². The highest BCUT2D eigenvalue weighted by Gasteiger charge is 2.29. The number of likely N-dealkylation sites (tertiary alicyclic amines) is 1. The molecule has 6 heteroatoms. The minimum Gasteiger partial charge on any atom is -0.465 e. The van der Waals surface area contributed by atoms with E-state index in [4.69, 9.17) is 4.74 Å². The Labute approximate surface area is 197 Å². The van der Waals surface area contributed by atoms with Crippen molar-refractivity contribution in [1.82, 2.24) is 14.7 Å². The molecule has 2 aliphatic heterocycles. The molecule has 0 N–H and O–H groups in total. The van der Waals surface area contributed by atoms with E-state index in [0.717, 1.165) is 39.3 Å². The molecule has 2 aromatic rings. The van der Waals surface area contributed by atoms with Crippen LogP contribution >= 0.6 is 0 Å². The quantitative estimate of drug-likeness (QED) is 0.590. The second-order valence-corrected chi connectivity index (χ2v) is 9.69. The van der Waals surface area contributed by atoms with Crippen molar-refractivity contribution < 1.29 is 13.9 Å². The lowest BCUT2D eigenvalue weighted by molar-refractivity contribution is 0.0290. The van der Waals surface area contributed by atoms with E-state index in [9.17, 15) is 9.18 Å². The summed E-state index contributed by atoms with van der Waals surface area (Å²) in [5.74, 6) is -0.296. The summed E-state index contributed by atoms with van der Waals surface area (Å²) in [4.78, 5) is 18.9. The largest absolute Gasteiger partial charge is 0.465 e. The summed E-state index contributed by atoms with van der Waals surface area (Å²) in [5.41, 5.74) is 4.39. The maximum atomic E-state index is 13.4. The molecule has 2 aromatic carbocycles. The number of benzene rings is 2. The molecule has 0 saturated carbocycles. The molecule has 0 bridgehead atoms. The molecular weight excluding hydrogens is 417 g/mol. The van der Waals surface area contributed by atoms with Gasteiger partial charge in [0, 0.05) is 57.9 Å². The highest BCUT2D eigenvalue weighted by molar-refractivity contribution is 5.89. The molecular formula is C27H36FN3O2. The molecule has 33 heavy (non-hydrogen) atoms. The second-order valence-electron chi connectivity index (χ2n) is 9.69. The Kier molecular flexibility index (Phi) is 7.78. The molecule has 0 spiro atoms. The Bertz CT molecular complexity index is 906. The summed E-state index contributed by atoms with van der Waals surface area (Å²) in [5, 5.41) is 0. The van der Waals surface area contributed by atoms with Crippen LogP contribution in [0.5, 0.6) is 0 Å². The number of hydrogen-bond donors (Lipinski definition) is 0. The first-order chi connectivity index (χ1) is 15.9. The van der Waals surface area contributed by atoms with Gasteiger partial charge in [-0.3, -0.25) is 14.7 Å². The van der Waals surface area contributed by atoms with Crippen LogP contribution in [-0.4, -0.2) is 72.2 Å². The summed E-state index contributed by atoms with van der Waals surface area (Å²) < 4.78 is 18.2. The molecule has 4 rings (SSSR count). The number of methoxy groups -OCH3 is 1. The standard InChI is InChI=1S/C27H36FN3O2/c1-20-14-30(17-23-8-10-25(11-9-23)27(32)33-3)15-21(2)31(20)18-24-6-4-22(5-7-24)16-29-13-12-26(28)19-29/h4-11,20-21,26H,12-19H2,1-3H3/t20-,21+,26-/m1/s1. The van der Waals surface area contributed by atoms with E-state index in [1.165, 1.54) is 23.8 Å². The highest BCUT2D eigenvalue weighted by atomic mass is 19.1. The van der Waals surface area contributed by atoms with Gasteiger partial charge in [0.15, 0.2) is 0 Å². The minimum absolute atomic E-state index is 0.296. The number of esters is 1. The van der Waals surface area contributed by atoms with Crippen LogP contribution in [0.15, 0.2) is 48.5 Å². The van der Waals surface area contributed by atoms with Gasteiger partial charge in [0.2, 0.25) is 0 Å². The van der Waals surface area contributed by atoms with Gasteiger partial charge >= 0.3 is 5.97 Å². The van der Waals surface area contributed by atoms with Gasteiger partial charge in [-0.25, -0.2) is 9.18 Å². The molecule has 3 atom stereocenters. The van der Waals surface area contributed by atoms with E-state index >= 15 is 0 Å². The van der Waals surface area contributed by atoms with Crippen molar-refractivity contribution in [3.8, 4) is 0 Å². The number of carbonyl (C=O) groups excluding carboxylic acids is 1. The van der Waals surface area contributed by atoms with Crippen molar-refractivity contribution in [2.45, 2.75) is 58.2 Å². The lowest BCUT2D eigenvalue weighted by Gasteiger charge is -2.44. The zero-order valence-electron chi connectivity index (χ0n) is 20.0. The number of piperazine rings is 1. The van der Waals surface area contributed by atoms with Gasteiger partial charge in [0.05, 0.1) is 12.7 Å². The van der Waals surface area contributed by atoms with Gasteiger partial charge in [-0.15, -0.1) is 0 Å². The van der Waals surface area contributed by atoms with Crippen molar-refractivity contribution in [2.75, 3.05) is 33.3 Å². The summed E-state index contributed by atoms with van der Waals surface area (Å²) in [7, 11) is 1.41. The predicted octanol–water partition coefficient (Wildman–Crippen LogP) is 4.11. The van der Waals surface area contributed by atoms with Crippen molar-refractivity contribution >= 4 is 5.97 Å². The molecule has 2 heterocycles. The summed E-state index contributed by atoms with van der Waals surface area (Å²) in [6, 6.07) is 17.5. The molecule has 178 valence electrons. The topological polar surface area (TPSA) is 36.0 Å². The van der Waals surface area contributed by atoms with Crippen LogP contribution in [0.4, 0.5) is 4.39 Å².